The summed E-state index contributed by atoms with van der Waals surface area (Å²) in [5.41, 5.74) is 4.48. The van der Waals surface area contributed by atoms with Gasteiger partial charge in [-0.15, -0.1) is 5.54 Å². The molecule has 0 unspecified atom stereocenters. The van der Waals surface area contributed by atoms with Crippen molar-refractivity contribution in [2.24, 2.45) is 0 Å². The van der Waals surface area contributed by atoms with Crippen LogP contribution < -0.4 is 0 Å². The molecule has 0 aromatic carbocycles. The standard InChI is InChI=1S/C9H15BrSi/c1-9(5-7-10)6-8-11(2,3)4/h5H,7H2,1-4H3/b9-5+. The first-order valence-electron chi connectivity index (χ1n) is 3.71. The zero-order valence-electron chi connectivity index (χ0n) is 7.66. The monoisotopic (exact) mass is 230 g/mol. The van der Waals surface area contributed by atoms with Gasteiger partial charge in [0.2, 0.25) is 0 Å². The molecule has 0 aromatic rings. The van der Waals surface area contributed by atoms with Crippen molar-refractivity contribution in [3.05, 3.63) is 11.6 Å². The van der Waals surface area contributed by atoms with Gasteiger partial charge < -0.3 is 0 Å². The largest absolute Gasteiger partial charge is 0.129 e. The smallest absolute Gasteiger partial charge is 0.127 e. The van der Waals surface area contributed by atoms with Crippen molar-refractivity contribution in [2.75, 3.05) is 5.33 Å². The van der Waals surface area contributed by atoms with E-state index in [1.165, 1.54) is 5.57 Å². The molecule has 11 heavy (non-hydrogen) atoms. The van der Waals surface area contributed by atoms with Crippen molar-refractivity contribution in [3.63, 3.8) is 0 Å². The number of halogens is 1. The molecule has 0 aromatic heterocycles. The molecule has 2 heteroatoms. The van der Waals surface area contributed by atoms with Crippen LogP contribution in [0.3, 0.4) is 0 Å². The molecular formula is C9H15BrSi. The molecule has 0 spiro atoms. The second kappa shape index (κ2) is 4.79. The van der Waals surface area contributed by atoms with Gasteiger partial charge in [0.15, 0.2) is 0 Å². The summed E-state index contributed by atoms with van der Waals surface area (Å²) in [5, 5.41) is 0.902. The summed E-state index contributed by atoms with van der Waals surface area (Å²) in [6.45, 7) is 8.80. The molecule has 0 aliphatic carbocycles. The Hall–Kier alpha value is -0.00312. The molecule has 0 amide bonds. The van der Waals surface area contributed by atoms with Crippen molar-refractivity contribution in [1.29, 1.82) is 0 Å². The van der Waals surface area contributed by atoms with Crippen LogP contribution in [0, 0.1) is 11.5 Å². The van der Waals surface area contributed by atoms with Crippen molar-refractivity contribution >= 4 is 24.0 Å². The third kappa shape index (κ3) is 7.90. The van der Waals surface area contributed by atoms with Crippen LogP contribution in [-0.4, -0.2) is 13.4 Å². The Labute approximate surface area is 79.2 Å². The highest BCUT2D eigenvalue weighted by Crippen LogP contribution is 1.98. The van der Waals surface area contributed by atoms with E-state index < -0.39 is 8.07 Å². The summed E-state index contributed by atoms with van der Waals surface area (Å²) in [4.78, 5) is 0. The third-order valence-electron chi connectivity index (χ3n) is 1.02. The number of hydrogen-bond donors (Lipinski definition) is 0. The highest BCUT2D eigenvalue weighted by atomic mass is 79.9. The summed E-state index contributed by atoms with van der Waals surface area (Å²) in [6.07, 6.45) is 2.09. The normalized spacial score (nSPS) is 12.3. The fraction of sp³-hybridized carbons (Fsp3) is 0.556. The van der Waals surface area contributed by atoms with E-state index in [2.05, 4.69) is 60.0 Å². The van der Waals surface area contributed by atoms with Gasteiger partial charge in [0, 0.05) is 5.33 Å². The first-order chi connectivity index (χ1) is 4.95. The van der Waals surface area contributed by atoms with E-state index in [0.29, 0.717) is 0 Å². The Morgan fingerprint density at radius 1 is 1.45 bits per heavy atom. The van der Waals surface area contributed by atoms with Crippen molar-refractivity contribution in [2.45, 2.75) is 26.6 Å². The van der Waals surface area contributed by atoms with Gasteiger partial charge in [-0.1, -0.05) is 47.6 Å². The fourth-order valence-electron chi connectivity index (χ4n) is 0.453. The highest BCUT2D eigenvalue weighted by molar-refractivity contribution is 9.09. The van der Waals surface area contributed by atoms with Crippen LogP contribution in [0.5, 0.6) is 0 Å². The quantitative estimate of drug-likeness (QED) is 0.369. The van der Waals surface area contributed by atoms with Gasteiger partial charge in [0.25, 0.3) is 0 Å². The van der Waals surface area contributed by atoms with Crippen molar-refractivity contribution in [1.82, 2.24) is 0 Å². The second-order valence-electron chi connectivity index (χ2n) is 3.54. The Morgan fingerprint density at radius 3 is 2.36 bits per heavy atom. The van der Waals surface area contributed by atoms with Crippen LogP contribution in [-0.2, 0) is 0 Å². The molecule has 0 aliphatic heterocycles. The second-order valence-corrected chi connectivity index (χ2v) is 8.94. The van der Waals surface area contributed by atoms with Crippen LogP contribution in [0.15, 0.2) is 11.6 Å². The van der Waals surface area contributed by atoms with Gasteiger partial charge in [-0.25, -0.2) is 0 Å². The van der Waals surface area contributed by atoms with E-state index in [1.807, 2.05) is 0 Å². The molecule has 0 heterocycles. The van der Waals surface area contributed by atoms with E-state index in [4.69, 9.17) is 0 Å². The topological polar surface area (TPSA) is 0 Å². The zero-order valence-corrected chi connectivity index (χ0v) is 10.2. The fourth-order valence-corrected chi connectivity index (χ4v) is 1.51. The number of rotatable bonds is 1. The van der Waals surface area contributed by atoms with Gasteiger partial charge in [0.1, 0.15) is 8.07 Å². The molecule has 0 atom stereocenters. The molecule has 0 radical (unpaired) electrons. The van der Waals surface area contributed by atoms with Crippen LogP contribution in [0.25, 0.3) is 0 Å². The molecule has 0 fully saturated rings. The Kier molecular flexibility index (Phi) is 4.79. The molecule has 0 nitrogen and oxygen atoms in total. The molecule has 0 bridgehead atoms. The van der Waals surface area contributed by atoms with E-state index in [1.54, 1.807) is 0 Å². The van der Waals surface area contributed by atoms with Crippen molar-refractivity contribution < 1.29 is 0 Å². The molecule has 0 saturated carbocycles. The summed E-state index contributed by atoms with van der Waals surface area (Å²) in [5.74, 6) is 3.17. The molecule has 0 saturated heterocycles. The summed E-state index contributed by atoms with van der Waals surface area (Å²) >= 11 is 3.34. The predicted octanol–water partition coefficient (Wildman–Crippen LogP) is 3.21. The summed E-state index contributed by atoms with van der Waals surface area (Å²) in [7, 11) is -1.17. The third-order valence-corrected chi connectivity index (χ3v) is 2.22. The maximum atomic E-state index is 3.34. The molecule has 0 aliphatic rings. The minimum Gasteiger partial charge on any atom is -0.127 e. The first kappa shape index (κ1) is 11.0. The average Bonchev–Trinajstić information content (AvgIpc) is 1.83. The lowest BCUT2D eigenvalue weighted by Gasteiger charge is -2.02. The number of allylic oxidation sites excluding steroid dienone is 2. The van der Waals surface area contributed by atoms with Crippen LogP contribution in [0.4, 0.5) is 0 Å². The van der Waals surface area contributed by atoms with Gasteiger partial charge in [0.05, 0.1) is 0 Å². The molecule has 0 rings (SSSR count). The highest BCUT2D eigenvalue weighted by Gasteiger charge is 2.06. The van der Waals surface area contributed by atoms with Gasteiger partial charge in [-0.05, 0) is 12.5 Å². The van der Waals surface area contributed by atoms with Crippen LogP contribution in [0.1, 0.15) is 6.92 Å². The van der Waals surface area contributed by atoms with Crippen LogP contribution >= 0.6 is 15.9 Å². The lowest BCUT2D eigenvalue weighted by atomic mass is 10.3. The lowest BCUT2D eigenvalue weighted by molar-refractivity contribution is 1.54. The molecule has 62 valence electrons. The Balaban J connectivity index is 4.19. The number of alkyl halides is 1. The van der Waals surface area contributed by atoms with Crippen LogP contribution in [0.2, 0.25) is 19.6 Å². The van der Waals surface area contributed by atoms with Crippen molar-refractivity contribution in [3.8, 4) is 11.5 Å². The Bertz CT molecular complexity index is 200. The van der Waals surface area contributed by atoms with E-state index >= 15 is 0 Å². The van der Waals surface area contributed by atoms with E-state index in [9.17, 15) is 0 Å². The maximum Gasteiger partial charge on any atom is 0.129 e. The predicted molar refractivity (Wildman–Crippen MR) is 58.7 cm³/mol. The summed E-state index contributed by atoms with van der Waals surface area (Å²) < 4.78 is 0. The molecule has 0 N–H and O–H groups in total. The van der Waals surface area contributed by atoms with Gasteiger partial charge in [-0.2, -0.15) is 0 Å². The average molecular weight is 231 g/mol. The van der Waals surface area contributed by atoms with Gasteiger partial charge in [-0.3, -0.25) is 0 Å². The minimum atomic E-state index is -1.17. The van der Waals surface area contributed by atoms with Gasteiger partial charge >= 0.3 is 0 Å². The SMILES string of the molecule is C/C(C#C[Si](C)(C)C)=C\CBr. The minimum absolute atomic E-state index is 0.902. The maximum absolute atomic E-state index is 3.34. The zero-order chi connectivity index (χ0) is 8.91. The molecular weight excluding hydrogens is 216 g/mol. The number of hydrogen-bond acceptors (Lipinski definition) is 0. The summed E-state index contributed by atoms with van der Waals surface area (Å²) in [6, 6.07) is 0. The first-order valence-corrected chi connectivity index (χ1v) is 8.34. The van der Waals surface area contributed by atoms with E-state index in [-0.39, 0.29) is 0 Å². The van der Waals surface area contributed by atoms with E-state index in [0.717, 1.165) is 5.33 Å². The Morgan fingerprint density at radius 2 is 2.00 bits per heavy atom. The lowest BCUT2D eigenvalue weighted by Crippen LogP contribution is -2.16.